The third-order valence-electron chi connectivity index (χ3n) is 5.15. The average molecular weight is 477 g/mol. The molecule has 1 saturated heterocycles. The smallest absolute Gasteiger partial charge is 0.244 e. The molecule has 0 spiro atoms. The number of rotatable bonds is 4. The Bertz CT molecular complexity index is 1140. The van der Waals surface area contributed by atoms with Gasteiger partial charge in [0.2, 0.25) is 10.0 Å². The summed E-state index contributed by atoms with van der Waals surface area (Å²) < 4.78 is 30.0. The third-order valence-corrected chi connectivity index (χ3v) is 8.06. The molecule has 3 aromatic rings. The number of aromatic nitrogens is 4. The van der Waals surface area contributed by atoms with Crippen molar-refractivity contribution in [1.29, 1.82) is 0 Å². The molecular formula is C19H21BrN6O2S. The molecule has 0 atom stereocenters. The lowest BCUT2D eigenvalue weighted by atomic mass is 10.3. The molecule has 29 heavy (non-hydrogen) atoms. The number of anilines is 1. The molecular weight excluding hydrogens is 456 g/mol. The van der Waals surface area contributed by atoms with Crippen LogP contribution < -0.4 is 4.90 Å². The number of sulfonamides is 1. The first-order valence-corrected chi connectivity index (χ1v) is 11.4. The minimum atomic E-state index is -3.54. The van der Waals surface area contributed by atoms with Crippen LogP contribution in [0.1, 0.15) is 11.4 Å². The van der Waals surface area contributed by atoms with Gasteiger partial charge in [0.25, 0.3) is 0 Å². The first-order valence-electron chi connectivity index (χ1n) is 9.20. The number of imidazole rings is 1. The molecule has 0 aliphatic carbocycles. The second-order valence-electron chi connectivity index (χ2n) is 6.84. The van der Waals surface area contributed by atoms with Crippen LogP contribution in [0, 0.1) is 13.8 Å². The summed E-state index contributed by atoms with van der Waals surface area (Å²) in [7, 11) is -3.54. The van der Waals surface area contributed by atoms with Crippen molar-refractivity contribution in [2.24, 2.45) is 0 Å². The molecule has 3 heterocycles. The van der Waals surface area contributed by atoms with Crippen LogP contribution in [-0.2, 0) is 10.0 Å². The fourth-order valence-electron chi connectivity index (χ4n) is 3.32. The number of halogens is 1. The number of hydrogen-bond donors (Lipinski definition) is 0. The average Bonchev–Trinajstić information content (AvgIpc) is 3.07. The predicted octanol–water partition coefficient (Wildman–Crippen LogP) is 2.55. The molecule has 0 saturated carbocycles. The van der Waals surface area contributed by atoms with E-state index in [0.29, 0.717) is 35.5 Å². The van der Waals surface area contributed by atoms with Gasteiger partial charge in [0.1, 0.15) is 24.3 Å². The van der Waals surface area contributed by atoms with E-state index >= 15 is 0 Å². The van der Waals surface area contributed by atoms with Crippen LogP contribution in [0.4, 0.5) is 5.82 Å². The molecule has 10 heteroatoms. The Balaban J connectivity index is 1.51. The fraction of sp³-hybridized carbons (Fsp3) is 0.316. The van der Waals surface area contributed by atoms with Crippen LogP contribution in [0.15, 0.2) is 52.4 Å². The second kappa shape index (κ2) is 7.85. The SMILES string of the molecule is Cc1ncn(-c2cc(N3CCN(S(=O)(=O)c4ccccc4Br)CC3)ncn2)c1C. The summed E-state index contributed by atoms with van der Waals surface area (Å²) >= 11 is 3.34. The molecule has 1 aliphatic rings. The second-order valence-corrected chi connectivity index (χ2v) is 9.60. The maximum absolute atomic E-state index is 13.0. The Labute approximate surface area is 178 Å². The largest absolute Gasteiger partial charge is 0.354 e. The Morgan fingerprint density at radius 1 is 0.966 bits per heavy atom. The third kappa shape index (κ3) is 3.79. The first kappa shape index (κ1) is 20.0. The first-order chi connectivity index (χ1) is 13.9. The van der Waals surface area contributed by atoms with Crippen LogP contribution in [0.5, 0.6) is 0 Å². The van der Waals surface area contributed by atoms with E-state index in [2.05, 4.69) is 35.8 Å². The van der Waals surface area contributed by atoms with Crippen molar-refractivity contribution < 1.29 is 8.42 Å². The minimum Gasteiger partial charge on any atom is -0.354 e. The summed E-state index contributed by atoms with van der Waals surface area (Å²) in [5.74, 6) is 1.52. The Morgan fingerprint density at radius 3 is 2.31 bits per heavy atom. The summed E-state index contributed by atoms with van der Waals surface area (Å²) in [5, 5.41) is 0. The van der Waals surface area contributed by atoms with E-state index in [0.717, 1.165) is 23.0 Å². The Kier molecular flexibility index (Phi) is 5.41. The van der Waals surface area contributed by atoms with E-state index in [-0.39, 0.29) is 0 Å². The summed E-state index contributed by atoms with van der Waals surface area (Å²) in [6, 6.07) is 8.81. The molecule has 0 radical (unpaired) electrons. The fourth-order valence-corrected chi connectivity index (χ4v) is 5.71. The van der Waals surface area contributed by atoms with E-state index in [4.69, 9.17) is 0 Å². The highest BCUT2D eigenvalue weighted by Gasteiger charge is 2.30. The molecule has 1 aliphatic heterocycles. The van der Waals surface area contributed by atoms with Gasteiger partial charge in [-0.15, -0.1) is 0 Å². The summed E-state index contributed by atoms with van der Waals surface area (Å²) in [4.78, 5) is 15.4. The van der Waals surface area contributed by atoms with Crippen molar-refractivity contribution in [2.45, 2.75) is 18.7 Å². The number of piperazine rings is 1. The zero-order valence-corrected chi connectivity index (χ0v) is 18.6. The lowest BCUT2D eigenvalue weighted by molar-refractivity contribution is 0.383. The van der Waals surface area contributed by atoms with Gasteiger partial charge in [-0.05, 0) is 41.9 Å². The van der Waals surface area contributed by atoms with E-state index in [1.807, 2.05) is 24.5 Å². The number of nitrogens with zero attached hydrogens (tertiary/aromatic N) is 6. The molecule has 2 aromatic heterocycles. The highest BCUT2D eigenvalue weighted by atomic mass is 79.9. The molecule has 0 unspecified atom stereocenters. The maximum atomic E-state index is 13.0. The van der Waals surface area contributed by atoms with Gasteiger partial charge in [0.05, 0.1) is 10.6 Å². The lowest BCUT2D eigenvalue weighted by Crippen LogP contribution is -2.49. The number of benzene rings is 1. The van der Waals surface area contributed by atoms with Crippen molar-refractivity contribution in [3.05, 3.63) is 58.8 Å². The van der Waals surface area contributed by atoms with Crippen molar-refractivity contribution in [1.82, 2.24) is 23.8 Å². The standard InChI is InChI=1S/C19H21BrN6O2S/c1-14-15(2)26(13-23-14)19-11-18(21-12-22-19)24-7-9-25(10-8-24)29(27,28)17-6-4-3-5-16(17)20/h3-6,11-13H,7-10H2,1-2H3. The van der Waals surface area contributed by atoms with E-state index in [1.54, 1.807) is 30.6 Å². The van der Waals surface area contributed by atoms with E-state index in [1.165, 1.54) is 10.6 Å². The molecule has 0 bridgehead atoms. The molecule has 8 nitrogen and oxygen atoms in total. The minimum absolute atomic E-state index is 0.295. The Hall–Kier alpha value is -2.30. The van der Waals surface area contributed by atoms with Crippen molar-refractivity contribution in [3.63, 3.8) is 0 Å². The van der Waals surface area contributed by atoms with Crippen LogP contribution in [0.2, 0.25) is 0 Å². The molecule has 1 aromatic carbocycles. The lowest BCUT2D eigenvalue weighted by Gasteiger charge is -2.34. The van der Waals surface area contributed by atoms with Gasteiger partial charge in [-0.2, -0.15) is 4.31 Å². The van der Waals surface area contributed by atoms with Gasteiger partial charge in [0.15, 0.2) is 0 Å². The van der Waals surface area contributed by atoms with Crippen LogP contribution in [0.3, 0.4) is 0 Å². The van der Waals surface area contributed by atoms with Crippen molar-refractivity contribution in [3.8, 4) is 5.82 Å². The van der Waals surface area contributed by atoms with Crippen LogP contribution in [0.25, 0.3) is 5.82 Å². The number of hydrogen-bond acceptors (Lipinski definition) is 6. The molecule has 152 valence electrons. The Morgan fingerprint density at radius 2 is 1.66 bits per heavy atom. The van der Waals surface area contributed by atoms with Gasteiger partial charge in [-0.3, -0.25) is 4.57 Å². The summed E-state index contributed by atoms with van der Waals surface area (Å²) in [6.07, 6.45) is 3.28. The van der Waals surface area contributed by atoms with Crippen molar-refractivity contribution in [2.75, 3.05) is 31.1 Å². The predicted molar refractivity (Wildman–Crippen MR) is 114 cm³/mol. The monoisotopic (exact) mass is 476 g/mol. The zero-order valence-electron chi connectivity index (χ0n) is 16.2. The summed E-state index contributed by atoms with van der Waals surface area (Å²) in [5.41, 5.74) is 1.98. The molecule has 1 fully saturated rings. The quantitative estimate of drug-likeness (QED) is 0.575. The molecule has 0 N–H and O–H groups in total. The highest BCUT2D eigenvalue weighted by Crippen LogP contribution is 2.26. The topological polar surface area (TPSA) is 84.2 Å². The normalized spacial score (nSPS) is 15.6. The van der Waals surface area contributed by atoms with Crippen LogP contribution in [-0.4, -0.2) is 58.4 Å². The van der Waals surface area contributed by atoms with Gasteiger partial charge >= 0.3 is 0 Å². The van der Waals surface area contributed by atoms with Crippen molar-refractivity contribution >= 4 is 31.8 Å². The highest BCUT2D eigenvalue weighted by molar-refractivity contribution is 9.10. The maximum Gasteiger partial charge on any atom is 0.244 e. The van der Waals surface area contributed by atoms with E-state index in [9.17, 15) is 8.42 Å². The zero-order chi connectivity index (χ0) is 20.6. The number of aryl methyl sites for hydroxylation is 1. The summed E-state index contributed by atoms with van der Waals surface area (Å²) in [6.45, 7) is 5.86. The van der Waals surface area contributed by atoms with Gasteiger partial charge in [-0.25, -0.2) is 23.4 Å². The molecule has 4 rings (SSSR count). The van der Waals surface area contributed by atoms with Gasteiger partial charge < -0.3 is 4.90 Å². The van der Waals surface area contributed by atoms with Gasteiger partial charge in [-0.1, -0.05) is 12.1 Å². The van der Waals surface area contributed by atoms with Gasteiger partial charge in [0, 0.05) is 42.4 Å². The van der Waals surface area contributed by atoms with Crippen LogP contribution >= 0.6 is 15.9 Å². The molecule has 0 amide bonds. The van der Waals surface area contributed by atoms with E-state index < -0.39 is 10.0 Å².